The number of nitriles is 1. The molecule has 1 aromatic heterocycles. The fourth-order valence-electron chi connectivity index (χ4n) is 1.78. The van der Waals surface area contributed by atoms with Gasteiger partial charge in [-0.3, -0.25) is 0 Å². The Hall–Kier alpha value is -1.92. The predicted molar refractivity (Wildman–Crippen MR) is 71.7 cm³/mol. The number of rotatable bonds is 4. The van der Waals surface area contributed by atoms with Crippen molar-refractivity contribution in [2.75, 3.05) is 5.32 Å². The number of furan rings is 1. The Morgan fingerprint density at radius 3 is 2.94 bits per heavy atom. The normalized spacial score (nSPS) is 11.8. The molecule has 0 amide bonds. The van der Waals surface area contributed by atoms with Crippen LogP contribution in [0, 0.1) is 11.3 Å². The standard InChI is InChI=1S/C14H13ClN2O/c1-10(7-13-3-2-6-18-13)17-14-5-4-12(15)8-11(14)9-16/h2-6,8,10,17H,7H2,1H3. The van der Waals surface area contributed by atoms with Gasteiger partial charge in [-0.15, -0.1) is 0 Å². The molecule has 3 nitrogen and oxygen atoms in total. The minimum absolute atomic E-state index is 0.171. The summed E-state index contributed by atoms with van der Waals surface area (Å²) in [5, 5.41) is 12.9. The zero-order valence-corrected chi connectivity index (χ0v) is 10.7. The number of anilines is 1. The van der Waals surface area contributed by atoms with E-state index in [2.05, 4.69) is 11.4 Å². The molecule has 18 heavy (non-hydrogen) atoms. The van der Waals surface area contributed by atoms with Crippen LogP contribution >= 0.6 is 11.6 Å². The SMILES string of the molecule is CC(Cc1ccco1)Nc1ccc(Cl)cc1C#N. The number of nitrogens with zero attached hydrogens (tertiary/aromatic N) is 1. The summed E-state index contributed by atoms with van der Waals surface area (Å²) < 4.78 is 5.29. The van der Waals surface area contributed by atoms with Gasteiger partial charge in [0.15, 0.2) is 0 Å². The van der Waals surface area contributed by atoms with Crippen molar-refractivity contribution < 1.29 is 4.42 Å². The Labute approximate surface area is 111 Å². The minimum Gasteiger partial charge on any atom is -0.469 e. The molecular formula is C14H13ClN2O. The van der Waals surface area contributed by atoms with Crippen LogP contribution in [0.5, 0.6) is 0 Å². The maximum atomic E-state index is 9.05. The van der Waals surface area contributed by atoms with Crippen LogP contribution in [-0.2, 0) is 6.42 Å². The van der Waals surface area contributed by atoms with Crippen LogP contribution < -0.4 is 5.32 Å². The van der Waals surface area contributed by atoms with Gasteiger partial charge in [0, 0.05) is 17.5 Å². The molecule has 0 bridgehead atoms. The number of halogens is 1. The number of hydrogen-bond donors (Lipinski definition) is 1. The van der Waals surface area contributed by atoms with Crippen molar-refractivity contribution >= 4 is 17.3 Å². The zero-order chi connectivity index (χ0) is 13.0. The minimum atomic E-state index is 0.171. The Morgan fingerprint density at radius 2 is 2.28 bits per heavy atom. The molecule has 1 atom stereocenters. The van der Waals surface area contributed by atoms with Crippen molar-refractivity contribution in [2.45, 2.75) is 19.4 Å². The summed E-state index contributed by atoms with van der Waals surface area (Å²) in [5.41, 5.74) is 1.34. The van der Waals surface area contributed by atoms with Gasteiger partial charge in [0.25, 0.3) is 0 Å². The van der Waals surface area contributed by atoms with Gasteiger partial charge in [0.2, 0.25) is 0 Å². The molecule has 2 aromatic rings. The lowest BCUT2D eigenvalue weighted by atomic mass is 10.1. The first-order valence-corrected chi connectivity index (χ1v) is 6.05. The van der Waals surface area contributed by atoms with E-state index in [9.17, 15) is 0 Å². The van der Waals surface area contributed by atoms with Crippen LogP contribution in [0.15, 0.2) is 41.0 Å². The fraction of sp³-hybridized carbons (Fsp3) is 0.214. The Bertz CT molecular complexity index is 558. The molecule has 1 unspecified atom stereocenters. The van der Waals surface area contributed by atoms with Crippen LogP contribution in [-0.4, -0.2) is 6.04 Å². The highest BCUT2D eigenvalue weighted by molar-refractivity contribution is 6.30. The highest BCUT2D eigenvalue weighted by atomic mass is 35.5. The lowest BCUT2D eigenvalue weighted by molar-refractivity contribution is 0.498. The summed E-state index contributed by atoms with van der Waals surface area (Å²) in [6.07, 6.45) is 2.42. The second-order valence-electron chi connectivity index (χ2n) is 4.13. The summed E-state index contributed by atoms with van der Waals surface area (Å²) in [4.78, 5) is 0. The number of benzene rings is 1. The van der Waals surface area contributed by atoms with E-state index < -0.39 is 0 Å². The molecule has 92 valence electrons. The van der Waals surface area contributed by atoms with Gasteiger partial charge in [-0.2, -0.15) is 5.26 Å². The van der Waals surface area contributed by atoms with E-state index in [0.29, 0.717) is 10.6 Å². The Balaban J connectivity index is 2.07. The first-order valence-electron chi connectivity index (χ1n) is 5.67. The highest BCUT2D eigenvalue weighted by Gasteiger charge is 2.09. The predicted octanol–water partition coefficient (Wildman–Crippen LogP) is 3.85. The summed E-state index contributed by atoms with van der Waals surface area (Å²) in [7, 11) is 0. The van der Waals surface area contributed by atoms with Crippen molar-refractivity contribution in [3.8, 4) is 6.07 Å². The third kappa shape index (κ3) is 3.06. The molecule has 0 fully saturated rings. The maximum absolute atomic E-state index is 9.05. The molecule has 2 rings (SSSR count). The highest BCUT2D eigenvalue weighted by Crippen LogP contribution is 2.21. The summed E-state index contributed by atoms with van der Waals surface area (Å²) in [6.45, 7) is 2.04. The second-order valence-corrected chi connectivity index (χ2v) is 4.57. The topological polar surface area (TPSA) is 49.0 Å². The lowest BCUT2D eigenvalue weighted by Gasteiger charge is -2.15. The number of hydrogen-bond acceptors (Lipinski definition) is 3. The van der Waals surface area contributed by atoms with Crippen molar-refractivity contribution in [1.29, 1.82) is 5.26 Å². The molecule has 0 spiro atoms. The largest absolute Gasteiger partial charge is 0.469 e. The molecule has 0 aliphatic rings. The quantitative estimate of drug-likeness (QED) is 0.908. The molecule has 1 N–H and O–H groups in total. The van der Waals surface area contributed by atoms with Gasteiger partial charge >= 0.3 is 0 Å². The first kappa shape index (κ1) is 12.5. The monoisotopic (exact) mass is 260 g/mol. The van der Waals surface area contributed by atoms with Gasteiger partial charge in [0.1, 0.15) is 11.8 Å². The molecule has 0 radical (unpaired) electrons. The summed E-state index contributed by atoms with van der Waals surface area (Å²) in [6, 6.07) is 11.3. The van der Waals surface area contributed by atoms with Crippen molar-refractivity contribution in [1.82, 2.24) is 0 Å². The molecule has 1 aromatic carbocycles. The third-order valence-corrected chi connectivity index (χ3v) is 2.83. The van der Waals surface area contributed by atoms with Crippen molar-refractivity contribution in [2.24, 2.45) is 0 Å². The Morgan fingerprint density at radius 1 is 1.44 bits per heavy atom. The van der Waals surface area contributed by atoms with Crippen molar-refractivity contribution in [3.05, 3.63) is 52.9 Å². The molecular weight excluding hydrogens is 248 g/mol. The van der Waals surface area contributed by atoms with E-state index in [1.165, 1.54) is 0 Å². The van der Waals surface area contributed by atoms with E-state index in [0.717, 1.165) is 17.9 Å². The van der Waals surface area contributed by atoms with E-state index >= 15 is 0 Å². The zero-order valence-electron chi connectivity index (χ0n) is 9.98. The average Bonchev–Trinajstić information content (AvgIpc) is 2.84. The van der Waals surface area contributed by atoms with Crippen molar-refractivity contribution in [3.63, 3.8) is 0 Å². The van der Waals surface area contributed by atoms with Crippen LogP contribution in [0.2, 0.25) is 5.02 Å². The van der Waals surface area contributed by atoms with Gasteiger partial charge in [-0.25, -0.2) is 0 Å². The van der Waals surface area contributed by atoms with Crippen LogP contribution in [0.1, 0.15) is 18.2 Å². The second kappa shape index (κ2) is 5.61. The molecule has 1 heterocycles. The van der Waals surface area contributed by atoms with Crippen LogP contribution in [0.25, 0.3) is 0 Å². The van der Waals surface area contributed by atoms with E-state index in [1.807, 2.05) is 25.1 Å². The van der Waals surface area contributed by atoms with Gasteiger partial charge in [0.05, 0.1) is 17.5 Å². The fourth-order valence-corrected chi connectivity index (χ4v) is 1.95. The molecule has 0 aliphatic heterocycles. The average molecular weight is 261 g/mol. The maximum Gasteiger partial charge on any atom is 0.105 e. The van der Waals surface area contributed by atoms with Gasteiger partial charge in [-0.1, -0.05) is 11.6 Å². The molecule has 4 heteroatoms. The van der Waals surface area contributed by atoms with E-state index in [1.54, 1.807) is 18.4 Å². The number of nitrogens with one attached hydrogen (secondary N) is 1. The molecule has 0 saturated carbocycles. The Kier molecular flexibility index (Phi) is 3.91. The van der Waals surface area contributed by atoms with E-state index in [4.69, 9.17) is 21.3 Å². The summed E-state index contributed by atoms with van der Waals surface area (Å²) in [5.74, 6) is 0.919. The smallest absolute Gasteiger partial charge is 0.105 e. The van der Waals surface area contributed by atoms with Crippen LogP contribution in [0.4, 0.5) is 5.69 Å². The van der Waals surface area contributed by atoms with Gasteiger partial charge in [-0.05, 0) is 37.3 Å². The lowest BCUT2D eigenvalue weighted by Crippen LogP contribution is -2.18. The first-order chi connectivity index (χ1) is 8.69. The summed E-state index contributed by atoms with van der Waals surface area (Å²) >= 11 is 5.85. The third-order valence-electron chi connectivity index (χ3n) is 2.59. The van der Waals surface area contributed by atoms with Gasteiger partial charge < -0.3 is 9.73 Å². The van der Waals surface area contributed by atoms with Crippen LogP contribution in [0.3, 0.4) is 0 Å². The van der Waals surface area contributed by atoms with E-state index in [-0.39, 0.29) is 6.04 Å². The molecule has 0 saturated heterocycles. The molecule has 0 aliphatic carbocycles.